The molecule has 1 aromatic heterocycles. The van der Waals surface area contributed by atoms with Crippen molar-refractivity contribution >= 4 is 11.3 Å². The highest BCUT2D eigenvalue weighted by molar-refractivity contribution is 7.12. The third-order valence-corrected chi connectivity index (χ3v) is 2.70. The molecular formula is C8H13NOS. The lowest BCUT2D eigenvalue weighted by atomic mass is 10.2. The summed E-state index contributed by atoms with van der Waals surface area (Å²) in [5.41, 5.74) is 5.77. The first-order chi connectivity index (χ1) is 5.24. The molecule has 0 aromatic carbocycles. The van der Waals surface area contributed by atoms with Gasteiger partial charge in [0.15, 0.2) is 0 Å². The van der Waals surface area contributed by atoms with Crippen molar-refractivity contribution in [2.75, 3.05) is 6.61 Å². The third kappa shape index (κ3) is 2.29. The zero-order valence-electron chi connectivity index (χ0n) is 6.58. The van der Waals surface area contributed by atoms with Crippen LogP contribution in [0.15, 0.2) is 12.1 Å². The Morgan fingerprint density at radius 3 is 2.82 bits per heavy atom. The number of aliphatic hydroxyl groups excluding tert-OH is 1. The van der Waals surface area contributed by atoms with E-state index in [4.69, 9.17) is 10.8 Å². The number of thiophene rings is 1. The maximum Gasteiger partial charge on any atom is 0.0449 e. The largest absolute Gasteiger partial charge is 0.396 e. The van der Waals surface area contributed by atoms with Gasteiger partial charge >= 0.3 is 0 Å². The summed E-state index contributed by atoms with van der Waals surface area (Å²) in [4.78, 5) is 2.44. The Morgan fingerprint density at radius 2 is 2.36 bits per heavy atom. The van der Waals surface area contributed by atoms with E-state index >= 15 is 0 Å². The maximum absolute atomic E-state index is 8.63. The lowest BCUT2D eigenvalue weighted by Gasteiger charge is -2.05. The Bertz CT molecular complexity index is 222. The van der Waals surface area contributed by atoms with Crippen LogP contribution in [0.1, 0.15) is 22.2 Å². The van der Waals surface area contributed by atoms with Crippen molar-refractivity contribution in [2.45, 2.75) is 19.4 Å². The van der Waals surface area contributed by atoms with Crippen molar-refractivity contribution in [1.82, 2.24) is 0 Å². The lowest BCUT2D eigenvalue weighted by molar-refractivity contribution is 0.277. The second-order valence-corrected chi connectivity index (χ2v) is 3.89. The van der Waals surface area contributed by atoms with Crippen LogP contribution in [0.25, 0.3) is 0 Å². The molecule has 2 nitrogen and oxygen atoms in total. The van der Waals surface area contributed by atoms with Gasteiger partial charge in [-0.25, -0.2) is 0 Å². The summed E-state index contributed by atoms with van der Waals surface area (Å²) in [6, 6.07) is 4.09. The number of hydrogen-bond donors (Lipinski definition) is 2. The minimum atomic E-state index is 0.0127. The van der Waals surface area contributed by atoms with Crippen molar-refractivity contribution in [3.8, 4) is 0 Å². The molecule has 3 N–H and O–H groups in total. The van der Waals surface area contributed by atoms with Crippen molar-refractivity contribution < 1.29 is 5.11 Å². The highest BCUT2D eigenvalue weighted by Gasteiger charge is 2.06. The lowest BCUT2D eigenvalue weighted by Crippen LogP contribution is -2.09. The Hall–Kier alpha value is -0.380. The number of hydrogen-bond acceptors (Lipinski definition) is 3. The standard InChI is InChI=1S/C8H13NOS/c1-6-2-3-8(11-6)7(9)4-5-10/h2-3,7,10H,4-5,9H2,1H3. The molecule has 1 heterocycles. The molecule has 0 aliphatic heterocycles. The Labute approximate surface area is 70.7 Å². The molecule has 1 rings (SSSR count). The number of aliphatic hydroxyl groups is 1. The zero-order chi connectivity index (χ0) is 8.27. The fourth-order valence-electron chi connectivity index (χ4n) is 0.934. The first-order valence-corrected chi connectivity index (χ1v) is 4.48. The Morgan fingerprint density at radius 1 is 1.64 bits per heavy atom. The van der Waals surface area contributed by atoms with E-state index in [2.05, 4.69) is 13.0 Å². The van der Waals surface area contributed by atoms with Gasteiger partial charge in [0.25, 0.3) is 0 Å². The monoisotopic (exact) mass is 171 g/mol. The quantitative estimate of drug-likeness (QED) is 0.723. The summed E-state index contributed by atoms with van der Waals surface area (Å²) < 4.78 is 0. The van der Waals surface area contributed by atoms with E-state index < -0.39 is 0 Å². The van der Waals surface area contributed by atoms with Crippen molar-refractivity contribution in [3.05, 3.63) is 21.9 Å². The van der Waals surface area contributed by atoms with Crippen LogP contribution in [-0.2, 0) is 0 Å². The molecule has 0 bridgehead atoms. The van der Waals surface area contributed by atoms with E-state index in [0.29, 0.717) is 6.42 Å². The molecule has 3 heteroatoms. The Balaban J connectivity index is 2.60. The van der Waals surface area contributed by atoms with Gasteiger partial charge in [-0.1, -0.05) is 0 Å². The summed E-state index contributed by atoms with van der Waals surface area (Å²) in [5, 5.41) is 8.63. The molecule has 0 aliphatic rings. The fraction of sp³-hybridized carbons (Fsp3) is 0.500. The van der Waals surface area contributed by atoms with Gasteiger partial charge in [-0.15, -0.1) is 11.3 Å². The van der Waals surface area contributed by atoms with Crippen molar-refractivity contribution in [3.63, 3.8) is 0 Å². The van der Waals surface area contributed by atoms with E-state index in [9.17, 15) is 0 Å². The second-order valence-electron chi connectivity index (χ2n) is 2.57. The first kappa shape index (κ1) is 8.71. The van der Waals surface area contributed by atoms with E-state index in [-0.39, 0.29) is 12.6 Å². The van der Waals surface area contributed by atoms with Crippen LogP contribution in [-0.4, -0.2) is 11.7 Å². The molecular weight excluding hydrogens is 158 g/mol. The molecule has 0 aliphatic carbocycles. The van der Waals surface area contributed by atoms with Crippen LogP contribution in [0, 0.1) is 6.92 Å². The first-order valence-electron chi connectivity index (χ1n) is 3.67. The van der Waals surface area contributed by atoms with Crippen molar-refractivity contribution in [1.29, 1.82) is 0 Å². The molecule has 0 spiro atoms. The average Bonchev–Trinajstić information content (AvgIpc) is 2.36. The maximum atomic E-state index is 8.63. The predicted molar refractivity (Wildman–Crippen MR) is 47.7 cm³/mol. The van der Waals surface area contributed by atoms with Crippen LogP contribution >= 0.6 is 11.3 Å². The van der Waals surface area contributed by atoms with Gasteiger partial charge in [0.2, 0.25) is 0 Å². The topological polar surface area (TPSA) is 46.2 Å². The molecule has 0 saturated carbocycles. The number of rotatable bonds is 3. The van der Waals surface area contributed by atoms with Gasteiger partial charge < -0.3 is 10.8 Å². The summed E-state index contributed by atoms with van der Waals surface area (Å²) in [6.45, 7) is 2.22. The number of nitrogens with two attached hydrogens (primary N) is 1. The van der Waals surface area contributed by atoms with Gasteiger partial charge in [0.05, 0.1) is 0 Å². The van der Waals surface area contributed by atoms with Crippen molar-refractivity contribution in [2.24, 2.45) is 5.73 Å². The summed E-state index contributed by atoms with van der Waals surface area (Å²) in [6.07, 6.45) is 0.653. The molecule has 0 amide bonds. The van der Waals surface area contributed by atoms with Crippen LogP contribution in [0.3, 0.4) is 0 Å². The minimum Gasteiger partial charge on any atom is -0.396 e. The van der Waals surface area contributed by atoms with Crippen LogP contribution in [0.5, 0.6) is 0 Å². The van der Waals surface area contributed by atoms with E-state index in [0.717, 1.165) is 4.88 Å². The minimum absolute atomic E-state index is 0.0127. The van der Waals surface area contributed by atoms with Crippen LogP contribution < -0.4 is 5.73 Å². The summed E-state index contributed by atoms with van der Waals surface area (Å²) in [5.74, 6) is 0. The molecule has 1 unspecified atom stereocenters. The van der Waals surface area contributed by atoms with Gasteiger partial charge in [-0.3, -0.25) is 0 Å². The van der Waals surface area contributed by atoms with E-state index in [1.165, 1.54) is 4.88 Å². The SMILES string of the molecule is Cc1ccc(C(N)CCO)s1. The summed E-state index contributed by atoms with van der Waals surface area (Å²) >= 11 is 1.70. The second kappa shape index (κ2) is 3.85. The van der Waals surface area contributed by atoms with E-state index in [1.54, 1.807) is 11.3 Å². The molecule has 62 valence electrons. The van der Waals surface area contributed by atoms with E-state index in [1.807, 2.05) is 6.07 Å². The van der Waals surface area contributed by atoms with Crippen LogP contribution in [0.2, 0.25) is 0 Å². The number of aryl methyl sites for hydroxylation is 1. The van der Waals surface area contributed by atoms with Gasteiger partial charge in [0.1, 0.15) is 0 Å². The predicted octanol–water partition coefficient (Wildman–Crippen LogP) is 1.44. The molecule has 1 aromatic rings. The molecule has 0 radical (unpaired) electrons. The normalized spacial score (nSPS) is 13.4. The third-order valence-electron chi connectivity index (χ3n) is 1.57. The van der Waals surface area contributed by atoms with Gasteiger partial charge in [0, 0.05) is 22.4 Å². The van der Waals surface area contributed by atoms with Crippen LogP contribution in [0.4, 0.5) is 0 Å². The van der Waals surface area contributed by atoms with Gasteiger partial charge in [-0.05, 0) is 25.5 Å². The molecule has 1 atom stereocenters. The van der Waals surface area contributed by atoms with Gasteiger partial charge in [-0.2, -0.15) is 0 Å². The average molecular weight is 171 g/mol. The summed E-state index contributed by atoms with van der Waals surface area (Å²) in [7, 11) is 0. The highest BCUT2D eigenvalue weighted by Crippen LogP contribution is 2.22. The molecule has 0 fully saturated rings. The molecule has 11 heavy (non-hydrogen) atoms. The molecule has 0 saturated heterocycles. The zero-order valence-corrected chi connectivity index (χ0v) is 7.40. The fourth-order valence-corrected chi connectivity index (χ4v) is 1.85. The smallest absolute Gasteiger partial charge is 0.0449 e. The Kier molecular flexibility index (Phi) is 3.05. The highest BCUT2D eigenvalue weighted by atomic mass is 32.1.